The zero-order valence-corrected chi connectivity index (χ0v) is 44.4. The molecule has 350 valence electrons. The average Bonchev–Trinajstić information content (AvgIpc) is 3.22. The van der Waals surface area contributed by atoms with Crippen molar-refractivity contribution < 1.29 is 0 Å². The third kappa shape index (κ3) is 7.22. The lowest BCUT2D eigenvalue weighted by atomic mass is 9.32. The highest BCUT2D eigenvalue weighted by Crippen LogP contribution is 2.62. The summed E-state index contributed by atoms with van der Waals surface area (Å²) < 4.78 is 0. The Balaban J connectivity index is 1.29. The van der Waals surface area contributed by atoms with Gasteiger partial charge in [0.1, 0.15) is 0 Å². The molecule has 0 radical (unpaired) electrons. The Morgan fingerprint density at radius 2 is 0.881 bits per heavy atom. The third-order valence-corrected chi connectivity index (χ3v) is 18.5. The van der Waals surface area contributed by atoms with Crippen molar-refractivity contribution in [1.29, 1.82) is 0 Å². The van der Waals surface area contributed by atoms with Gasteiger partial charge in [-0.3, -0.25) is 0 Å². The van der Waals surface area contributed by atoms with Gasteiger partial charge in [-0.1, -0.05) is 147 Å². The fourth-order valence-corrected chi connectivity index (χ4v) is 14.6. The molecule has 3 heteroatoms. The lowest BCUT2D eigenvalue weighted by molar-refractivity contribution is -0.00514. The molecule has 2 aliphatic heterocycles. The van der Waals surface area contributed by atoms with Crippen molar-refractivity contribution in [3.63, 3.8) is 0 Å². The number of nitrogens with zero attached hydrogens (tertiary/aromatic N) is 2. The minimum Gasteiger partial charge on any atom is -0.311 e. The van der Waals surface area contributed by atoms with Gasteiger partial charge in [-0.2, -0.15) is 0 Å². The monoisotopic (exact) mass is 889 g/mol. The highest BCUT2D eigenvalue weighted by Gasteiger charge is 2.54. The molecule has 2 nitrogen and oxygen atoms in total. The highest BCUT2D eigenvalue weighted by atomic mass is 15.2. The van der Waals surface area contributed by atoms with Crippen molar-refractivity contribution in [3.8, 4) is 0 Å². The van der Waals surface area contributed by atoms with Crippen LogP contribution in [0, 0.1) is 17.8 Å². The summed E-state index contributed by atoms with van der Waals surface area (Å²) in [6.45, 7) is 38.8. The first-order valence-corrected chi connectivity index (χ1v) is 26.5. The first kappa shape index (κ1) is 45.2. The Bertz CT molecular complexity index is 2760. The van der Waals surface area contributed by atoms with E-state index >= 15 is 0 Å². The van der Waals surface area contributed by atoms with Crippen molar-refractivity contribution in [2.75, 3.05) is 9.80 Å². The van der Waals surface area contributed by atoms with Crippen LogP contribution in [0.3, 0.4) is 0 Å². The molecule has 5 aromatic rings. The normalized spacial score (nSPS) is 24.6. The third-order valence-electron chi connectivity index (χ3n) is 18.5. The minimum absolute atomic E-state index is 0.00183. The molecule has 5 aromatic carbocycles. The van der Waals surface area contributed by atoms with E-state index in [4.69, 9.17) is 0 Å². The Morgan fingerprint density at radius 3 is 1.37 bits per heavy atom. The fourth-order valence-electron chi connectivity index (χ4n) is 14.6. The van der Waals surface area contributed by atoms with Crippen LogP contribution in [0.1, 0.15) is 201 Å². The summed E-state index contributed by atoms with van der Waals surface area (Å²) in [7, 11) is 0. The zero-order chi connectivity index (χ0) is 47.8. The predicted octanol–water partition coefficient (Wildman–Crippen LogP) is 15.8. The van der Waals surface area contributed by atoms with Gasteiger partial charge in [0.2, 0.25) is 0 Å². The maximum Gasteiger partial charge on any atom is 0.252 e. The highest BCUT2D eigenvalue weighted by molar-refractivity contribution is 7.00. The summed E-state index contributed by atoms with van der Waals surface area (Å²) in [4.78, 5) is 5.53. The van der Waals surface area contributed by atoms with Crippen LogP contribution < -0.4 is 26.2 Å². The summed E-state index contributed by atoms with van der Waals surface area (Å²) in [6, 6.07) is 35.9. The first-order valence-electron chi connectivity index (χ1n) is 26.5. The zero-order valence-electron chi connectivity index (χ0n) is 44.4. The number of rotatable bonds is 3. The maximum atomic E-state index is 2.82. The predicted molar refractivity (Wildman–Crippen MR) is 290 cm³/mol. The summed E-state index contributed by atoms with van der Waals surface area (Å²) in [5, 5.41) is 0. The van der Waals surface area contributed by atoms with E-state index in [0.29, 0.717) is 0 Å². The van der Waals surface area contributed by atoms with Crippen molar-refractivity contribution in [1.82, 2.24) is 0 Å². The van der Waals surface area contributed by atoms with Gasteiger partial charge in [0, 0.05) is 34.1 Å². The van der Waals surface area contributed by atoms with Crippen LogP contribution in [0.4, 0.5) is 34.1 Å². The number of hydrogen-bond donors (Lipinski definition) is 0. The Morgan fingerprint density at radius 1 is 0.433 bits per heavy atom. The Hall–Kier alpha value is -4.24. The number of benzene rings is 5. The van der Waals surface area contributed by atoms with Crippen molar-refractivity contribution in [2.45, 2.75) is 200 Å². The van der Waals surface area contributed by atoms with E-state index in [1.54, 1.807) is 11.1 Å². The first-order chi connectivity index (χ1) is 31.1. The van der Waals surface area contributed by atoms with E-state index in [1.165, 1.54) is 130 Å². The van der Waals surface area contributed by atoms with Crippen LogP contribution in [0.25, 0.3) is 0 Å². The standard InChI is InChI=1S/C64H81BN2/c1-58(2,3)42-17-20-47(21-18-42)66-53-22-19-43(59(4,5)6)31-51(53)65-52-34-49-50(63(15,16)24-23-62(49,13)14)35-54(52)67(48-29-44(60(7,8)9)28-45(30-48)61(10,11)12)56-33-46(32-55(66)57(56)65)64-36-39-25-40(37-64)27-41(26-39)38-64/h17-22,28-35,39-41H,23-27,36-38H2,1-16H3. The molecule has 12 rings (SSSR count). The van der Waals surface area contributed by atoms with Gasteiger partial charge in [0.25, 0.3) is 6.71 Å². The molecule has 4 bridgehead atoms. The smallest absolute Gasteiger partial charge is 0.252 e. The molecular weight excluding hydrogens is 808 g/mol. The second-order valence-corrected chi connectivity index (χ2v) is 28.5. The van der Waals surface area contributed by atoms with E-state index < -0.39 is 0 Å². The van der Waals surface area contributed by atoms with Crippen molar-refractivity contribution >= 4 is 57.2 Å². The molecular formula is C64H81BN2. The van der Waals surface area contributed by atoms with Crippen molar-refractivity contribution in [3.05, 3.63) is 124 Å². The number of anilines is 6. The Labute approximate surface area is 406 Å². The van der Waals surface area contributed by atoms with Crippen LogP contribution in [0.15, 0.2) is 84.9 Å². The van der Waals surface area contributed by atoms with E-state index in [1.807, 2.05) is 0 Å². The van der Waals surface area contributed by atoms with Crippen LogP contribution >= 0.6 is 0 Å². The summed E-state index contributed by atoms with van der Waals surface area (Å²) in [6.07, 6.45) is 10.7. The molecule has 0 atom stereocenters. The molecule has 0 amide bonds. The fraction of sp³-hybridized carbons (Fsp3) is 0.531. The van der Waals surface area contributed by atoms with Crippen LogP contribution in [-0.4, -0.2) is 6.71 Å². The second kappa shape index (κ2) is 14.4. The molecule has 0 saturated heterocycles. The Kier molecular flexibility index (Phi) is 9.73. The van der Waals surface area contributed by atoms with Crippen LogP contribution in [-0.2, 0) is 37.9 Å². The SMILES string of the molecule is CC(C)(C)c1ccc(N2c3ccc(C(C)(C)C)cc3B3c4cc5c(cc4N(c4cc(C(C)(C)C)cc(C(C)(C)C)c4)c4cc(C67CC8CC(CC(C8)C6)C7)cc2c43)C(C)(C)CCC5(C)C)cc1. The molecule has 4 fully saturated rings. The summed E-state index contributed by atoms with van der Waals surface area (Å²) >= 11 is 0. The van der Waals surface area contributed by atoms with Gasteiger partial charge in [0.05, 0.1) is 0 Å². The van der Waals surface area contributed by atoms with E-state index in [-0.39, 0.29) is 44.6 Å². The van der Waals surface area contributed by atoms with Gasteiger partial charge >= 0.3 is 0 Å². The van der Waals surface area contributed by atoms with E-state index in [2.05, 4.69) is 206 Å². The lowest BCUT2D eigenvalue weighted by Gasteiger charge is -2.57. The van der Waals surface area contributed by atoms with Gasteiger partial charge < -0.3 is 9.80 Å². The second-order valence-electron chi connectivity index (χ2n) is 28.5. The average molecular weight is 889 g/mol. The molecule has 0 unspecified atom stereocenters. The molecule has 0 spiro atoms. The van der Waals surface area contributed by atoms with E-state index in [9.17, 15) is 0 Å². The van der Waals surface area contributed by atoms with Gasteiger partial charge in [-0.25, -0.2) is 0 Å². The van der Waals surface area contributed by atoms with Gasteiger partial charge in [0.15, 0.2) is 0 Å². The molecule has 7 aliphatic rings. The minimum atomic E-state index is -0.0161. The number of fused-ring (bicyclic) bond motifs is 5. The van der Waals surface area contributed by atoms with Crippen LogP contribution in [0.2, 0.25) is 0 Å². The number of hydrogen-bond acceptors (Lipinski definition) is 2. The van der Waals surface area contributed by atoms with Crippen molar-refractivity contribution in [2.24, 2.45) is 17.8 Å². The maximum absolute atomic E-state index is 2.82. The lowest BCUT2D eigenvalue weighted by Crippen LogP contribution is -2.62. The molecule has 0 aromatic heterocycles. The topological polar surface area (TPSA) is 6.48 Å². The molecule has 4 saturated carbocycles. The quantitative estimate of drug-likeness (QED) is 0.163. The largest absolute Gasteiger partial charge is 0.311 e. The molecule has 0 N–H and O–H groups in total. The van der Waals surface area contributed by atoms with Crippen LogP contribution in [0.5, 0.6) is 0 Å². The molecule has 67 heavy (non-hydrogen) atoms. The molecule has 5 aliphatic carbocycles. The molecule has 2 heterocycles. The summed E-state index contributed by atoms with van der Waals surface area (Å²) in [5.41, 5.74) is 23.2. The summed E-state index contributed by atoms with van der Waals surface area (Å²) in [5.74, 6) is 2.57. The van der Waals surface area contributed by atoms with Gasteiger partial charge in [-0.05, 0) is 211 Å². The van der Waals surface area contributed by atoms with E-state index in [0.717, 1.165) is 17.8 Å². The van der Waals surface area contributed by atoms with Gasteiger partial charge in [-0.15, -0.1) is 0 Å².